The Morgan fingerprint density at radius 2 is 2.14 bits per heavy atom. The van der Waals surface area contributed by atoms with Gasteiger partial charge in [-0.2, -0.15) is 0 Å². The molecule has 7 nitrogen and oxygen atoms in total. The smallest absolute Gasteiger partial charge is 0.267 e. The average Bonchev–Trinajstić information content (AvgIpc) is 2.95. The Hall–Kier alpha value is -2.23. The fourth-order valence-corrected chi connectivity index (χ4v) is 4.32. The predicted molar refractivity (Wildman–Crippen MR) is 117 cm³/mol. The van der Waals surface area contributed by atoms with Gasteiger partial charge in [-0.3, -0.25) is 18.9 Å². The van der Waals surface area contributed by atoms with Crippen molar-refractivity contribution in [2.24, 2.45) is 0 Å². The molecule has 1 fully saturated rings. The molecule has 148 valence electrons. The molecule has 0 spiro atoms. The van der Waals surface area contributed by atoms with Crippen molar-refractivity contribution in [1.82, 2.24) is 14.3 Å². The number of hydrogen-bond donors (Lipinski definition) is 2. The number of nitrogens with zero attached hydrogens (tertiary/aromatic N) is 3. The van der Waals surface area contributed by atoms with Crippen LogP contribution in [0.1, 0.15) is 31.4 Å². The van der Waals surface area contributed by atoms with E-state index in [1.165, 1.54) is 16.2 Å². The Kier molecular flexibility index (Phi) is 6.17. The van der Waals surface area contributed by atoms with Crippen molar-refractivity contribution in [3.05, 3.63) is 44.7 Å². The number of aryl methyl sites for hydroxylation is 1. The third-order valence-electron chi connectivity index (χ3n) is 4.54. The Morgan fingerprint density at radius 1 is 1.39 bits per heavy atom. The molecule has 2 N–H and O–H groups in total. The molecule has 9 heteroatoms. The summed E-state index contributed by atoms with van der Waals surface area (Å²) in [4.78, 5) is 32.4. The van der Waals surface area contributed by atoms with Crippen LogP contribution in [0.15, 0.2) is 28.0 Å². The van der Waals surface area contributed by atoms with Crippen molar-refractivity contribution in [3.63, 3.8) is 0 Å². The van der Waals surface area contributed by atoms with Crippen LogP contribution < -0.4 is 10.9 Å². The lowest BCUT2D eigenvalue weighted by atomic mass is 10.2. The number of thioether (sulfide) groups is 1. The number of hydrogen-bond acceptors (Lipinski definition) is 7. The molecule has 0 unspecified atom stereocenters. The minimum absolute atomic E-state index is 0.0103. The van der Waals surface area contributed by atoms with E-state index in [4.69, 9.17) is 17.3 Å². The summed E-state index contributed by atoms with van der Waals surface area (Å²) in [6.45, 7) is 5.96. The number of amides is 1. The van der Waals surface area contributed by atoms with Gasteiger partial charge in [0.15, 0.2) is 0 Å². The topological polar surface area (TPSA) is 86.9 Å². The van der Waals surface area contributed by atoms with Crippen LogP contribution in [-0.4, -0.2) is 48.8 Å². The largest absolute Gasteiger partial charge is 0.395 e. The number of thiocarbonyl (C=S) groups is 1. The van der Waals surface area contributed by atoms with Gasteiger partial charge < -0.3 is 10.4 Å². The molecule has 1 atom stereocenters. The minimum atomic E-state index is -0.289. The molecule has 3 rings (SSSR count). The highest BCUT2D eigenvalue weighted by atomic mass is 32.2. The number of nitrogens with one attached hydrogen (secondary N) is 1. The van der Waals surface area contributed by atoms with E-state index in [0.717, 1.165) is 12.0 Å². The number of fused-ring (bicyclic) bond motifs is 1. The van der Waals surface area contributed by atoms with E-state index in [-0.39, 0.29) is 36.2 Å². The first-order valence-electron chi connectivity index (χ1n) is 9.02. The first-order valence-corrected chi connectivity index (χ1v) is 10.2. The summed E-state index contributed by atoms with van der Waals surface area (Å²) in [6.07, 6.45) is 4.04. The molecule has 3 heterocycles. The molecule has 2 aromatic rings. The number of carbonyl (C=O) groups is 1. The van der Waals surface area contributed by atoms with E-state index in [1.807, 2.05) is 26.8 Å². The number of aliphatic hydroxyl groups excluding tert-OH is 1. The number of rotatable bonds is 6. The highest BCUT2D eigenvalue weighted by Crippen LogP contribution is 2.34. The van der Waals surface area contributed by atoms with Crippen molar-refractivity contribution < 1.29 is 9.90 Å². The summed E-state index contributed by atoms with van der Waals surface area (Å²) < 4.78 is 1.95. The van der Waals surface area contributed by atoms with Crippen LogP contribution in [0.25, 0.3) is 11.7 Å². The minimum Gasteiger partial charge on any atom is -0.395 e. The third-order valence-corrected chi connectivity index (χ3v) is 5.87. The molecule has 28 heavy (non-hydrogen) atoms. The van der Waals surface area contributed by atoms with Crippen LogP contribution in [0.2, 0.25) is 0 Å². The Morgan fingerprint density at radius 3 is 2.82 bits per heavy atom. The quantitative estimate of drug-likeness (QED) is 0.550. The van der Waals surface area contributed by atoms with Crippen LogP contribution in [0.4, 0.5) is 5.82 Å². The van der Waals surface area contributed by atoms with E-state index in [9.17, 15) is 9.59 Å². The molecular formula is C19H22N4O3S2. The molecule has 0 aromatic carbocycles. The van der Waals surface area contributed by atoms with E-state index in [0.29, 0.717) is 20.7 Å². The average molecular weight is 419 g/mol. The first-order chi connectivity index (χ1) is 13.4. The fourth-order valence-electron chi connectivity index (χ4n) is 2.87. The van der Waals surface area contributed by atoms with Crippen molar-refractivity contribution >= 4 is 51.7 Å². The maximum Gasteiger partial charge on any atom is 0.267 e. The Balaban J connectivity index is 2.14. The molecular weight excluding hydrogens is 396 g/mol. The van der Waals surface area contributed by atoms with Crippen LogP contribution in [0.3, 0.4) is 0 Å². The SMILES string of the molecule is CC[C@H](C)N1C(=O)/C(=C\c2c(NCCO)nc3ccc(C)cn3c2=O)SC1=S. The molecule has 2 aromatic heterocycles. The van der Waals surface area contributed by atoms with Crippen molar-refractivity contribution in [1.29, 1.82) is 0 Å². The van der Waals surface area contributed by atoms with Gasteiger partial charge in [-0.25, -0.2) is 4.98 Å². The molecule has 0 radical (unpaired) electrons. The van der Waals surface area contributed by atoms with Gasteiger partial charge in [0.25, 0.3) is 11.5 Å². The first kappa shape index (κ1) is 20.5. The summed E-state index contributed by atoms with van der Waals surface area (Å²) in [5.74, 6) is 0.128. The Labute approximate surface area is 172 Å². The normalized spacial score (nSPS) is 17.0. The van der Waals surface area contributed by atoms with Crippen molar-refractivity contribution in [2.75, 3.05) is 18.5 Å². The van der Waals surface area contributed by atoms with Crippen LogP contribution in [0, 0.1) is 6.92 Å². The van der Waals surface area contributed by atoms with E-state index < -0.39 is 0 Å². The van der Waals surface area contributed by atoms with Crippen LogP contribution in [0.5, 0.6) is 0 Å². The highest BCUT2D eigenvalue weighted by molar-refractivity contribution is 8.26. The summed E-state index contributed by atoms with van der Waals surface area (Å²) in [5.41, 5.74) is 1.38. The van der Waals surface area contributed by atoms with Crippen molar-refractivity contribution in [3.8, 4) is 0 Å². The standard InChI is InChI=1S/C19H22N4O3S2/c1-4-12(3)23-18(26)14(28-19(23)27)9-13-16(20-7-8-24)21-15-6-5-11(2)10-22(15)17(13)25/h5-6,9-10,12,20,24H,4,7-8H2,1-3H3/b14-9+/t12-/m0/s1. The monoisotopic (exact) mass is 418 g/mol. The summed E-state index contributed by atoms with van der Waals surface area (Å²) >= 11 is 6.55. The predicted octanol–water partition coefficient (Wildman–Crippen LogP) is 2.41. The van der Waals surface area contributed by atoms with E-state index in [1.54, 1.807) is 23.2 Å². The van der Waals surface area contributed by atoms with E-state index in [2.05, 4.69) is 10.3 Å². The molecule has 0 bridgehead atoms. The maximum atomic E-state index is 13.1. The molecule has 1 saturated heterocycles. The number of carbonyl (C=O) groups excluding carboxylic acids is 1. The van der Waals surface area contributed by atoms with Gasteiger partial charge in [-0.1, -0.05) is 37.0 Å². The molecule has 1 aliphatic heterocycles. The van der Waals surface area contributed by atoms with Crippen LogP contribution >= 0.6 is 24.0 Å². The van der Waals surface area contributed by atoms with Gasteiger partial charge in [-0.15, -0.1) is 0 Å². The molecule has 0 saturated carbocycles. The summed E-state index contributed by atoms with van der Waals surface area (Å²) in [6, 6.07) is 3.62. The zero-order valence-electron chi connectivity index (χ0n) is 15.9. The highest BCUT2D eigenvalue weighted by Gasteiger charge is 2.35. The number of anilines is 1. The Bertz CT molecular complexity index is 1030. The fraction of sp³-hybridized carbons (Fsp3) is 0.368. The third kappa shape index (κ3) is 3.82. The van der Waals surface area contributed by atoms with Gasteiger partial charge in [-0.05, 0) is 38.0 Å². The van der Waals surface area contributed by atoms with Gasteiger partial charge in [0.05, 0.1) is 17.1 Å². The summed E-state index contributed by atoms with van der Waals surface area (Å²) in [5, 5.41) is 12.1. The second-order valence-corrected chi connectivity index (χ2v) is 8.25. The lowest BCUT2D eigenvalue weighted by Crippen LogP contribution is -2.36. The number of aromatic nitrogens is 2. The van der Waals surface area contributed by atoms with Gasteiger partial charge in [0.2, 0.25) is 0 Å². The van der Waals surface area contributed by atoms with E-state index >= 15 is 0 Å². The number of aliphatic hydroxyl groups is 1. The zero-order chi connectivity index (χ0) is 20.4. The van der Waals surface area contributed by atoms with Gasteiger partial charge in [0.1, 0.15) is 15.8 Å². The van der Waals surface area contributed by atoms with Crippen molar-refractivity contribution in [2.45, 2.75) is 33.2 Å². The second kappa shape index (κ2) is 8.42. The zero-order valence-corrected chi connectivity index (χ0v) is 17.6. The van der Waals surface area contributed by atoms with Gasteiger partial charge >= 0.3 is 0 Å². The molecule has 1 amide bonds. The number of pyridine rings is 1. The molecule has 1 aliphatic rings. The maximum absolute atomic E-state index is 13.1. The lowest BCUT2D eigenvalue weighted by Gasteiger charge is -2.21. The van der Waals surface area contributed by atoms with Crippen LogP contribution in [-0.2, 0) is 4.79 Å². The second-order valence-electron chi connectivity index (χ2n) is 6.57. The summed E-state index contributed by atoms with van der Waals surface area (Å²) in [7, 11) is 0. The van der Waals surface area contributed by atoms with Gasteiger partial charge in [0, 0.05) is 18.8 Å². The lowest BCUT2D eigenvalue weighted by molar-refractivity contribution is -0.123. The molecule has 0 aliphatic carbocycles.